The highest BCUT2D eigenvalue weighted by atomic mass is 79.9. The van der Waals surface area contributed by atoms with E-state index in [0.29, 0.717) is 0 Å². The van der Waals surface area contributed by atoms with Crippen molar-refractivity contribution >= 4 is 15.9 Å². The molecule has 1 atom stereocenters. The van der Waals surface area contributed by atoms with E-state index in [9.17, 15) is 0 Å². The van der Waals surface area contributed by atoms with Crippen LogP contribution >= 0.6 is 15.9 Å². The number of alkyl halides is 1. The second kappa shape index (κ2) is 5.99. The van der Waals surface area contributed by atoms with Crippen LogP contribution in [0.2, 0.25) is 0 Å². The number of likely N-dealkylation sites (tertiary alicyclic amines) is 1. The Morgan fingerprint density at radius 3 is 2.85 bits per heavy atom. The molecule has 1 heterocycles. The summed E-state index contributed by atoms with van der Waals surface area (Å²) in [4.78, 5) is 4.95. The van der Waals surface area contributed by atoms with Crippen LogP contribution in [0.1, 0.15) is 19.3 Å². The molecule has 0 bridgehead atoms. The zero-order valence-corrected chi connectivity index (χ0v) is 10.4. The van der Waals surface area contributed by atoms with Gasteiger partial charge in [-0.2, -0.15) is 0 Å². The average molecular weight is 249 g/mol. The van der Waals surface area contributed by atoms with Crippen LogP contribution in [-0.4, -0.2) is 54.9 Å². The molecular weight excluding hydrogens is 228 g/mol. The summed E-state index contributed by atoms with van der Waals surface area (Å²) in [7, 11) is 4.39. The Morgan fingerprint density at radius 2 is 2.23 bits per heavy atom. The molecule has 0 amide bonds. The van der Waals surface area contributed by atoms with Crippen LogP contribution in [0.5, 0.6) is 0 Å². The van der Waals surface area contributed by atoms with E-state index in [0.717, 1.165) is 11.4 Å². The van der Waals surface area contributed by atoms with E-state index in [1.165, 1.54) is 38.9 Å². The van der Waals surface area contributed by atoms with Crippen LogP contribution in [0.4, 0.5) is 0 Å². The number of piperidine rings is 1. The van der Waals surface area contributed by atoms with Crippen LogP contribution in [0.15, 0.2) is 0 Å². The first-order chi connectivity index (χ1) is 6.24. The topological polar surface area (TPSA) is 6.48 Å². The van der Waals surface area contributed by atoms with E-state index in [1.807, 2.05) is 0 Å². The van der Waals surface area contributed by atoms with Crippen molar-refractivity contribution in [2.45, 2.75) is 25.3 Å². The fourth-order valence-corrected chi connectivity index (χ4v) is 2.19. The SMILES string of the molecule is CN(C)C1CCCN(CCCBr)C1. The Labute approximate surface area is 90.4 Å². The number of hydrogen-bond donors (Lipinski definition) is 0. The monoisotopic (exact) mass is 248 g/mol. The predicted octanol–water partition coefficient (Wildman–Crippen LogP) is 1.80. The summed E-state index contributed by atoms with van der Waals surface area (Å²) in [6.07, 6.45) is 4.02. The summed E-state index contributed by atoms with van der Waals surface area (Å²) >= 11 is 3.48. The van der Waals surface area contributed by atoms with Gasteiger partial charge in [-0.1, -0.05) is 15.9 Å². The van der Waals surface area contributed by atoms with E-state index >= 15 is 0 Å². The Kier molecular flexibility index (Phi) is 5.29. The van der Waals surface area contributed by atoms with Crippen LogP contribution < -0.4 is 0 Å². The normalized spacial score (nSPS) is 25.4. The molecule has 0 aromatic heterocycles. The highest BCUT2D eigenvalue weighted by Crippen LogP contribution is 2.13. The summed E-state index contributed by atoms with van der Waals surface area (Å²) in [6.45, 7) is 3.83. The fourth-order valence-electron chi connectivity index (χ4n) is 1.94. The van der Waals surface area contributed by atoms with Crippen molar-refractivity contribution in [3.63, 3.8) is 0 Å². The molecule has 3 heteroatoms. The van der Waals surface area contributed by atoms with Gasteiger partial charge in [-0.3, -0.25) is 0 Å². The molecule has 0 radical (unpaired) electrons. The molecule has 13 heavy (non-hydrogen) atoms. The summed E-state index contributed by atoms with van der Waals surface area (Å²) in [6, 6.07) is 0.782. The number of halogens is 1. The number of hydrogen-bond acceptors (Lipinski definition) is 2. The predicted molar refractivity (Wildman–Crippen MR) is 61.6 cm³/mol. The molecule has 0 saturated carbocycles. The van der Waals surface area contributed by atoms with Crippen molar-refractivity contribution in [1.29, 1.82) is 0 Å². The van der Waals surface area contributed by atoms with E-state index in [-0.39, 0.29) is 0 Å². The molecule has 0 aromatic rings. The molecule has 0 N–H and O–H groups in total. The standard InChI is InChI=1S/C10H21BrN2/c1-12(2)10-5-3-7-13(9-10)8-4-6-11/h10H,3-9H2,1-2H3. The minimum atomic E-state index is 0.782. The molecule has 0 aromatic carbocycles. The van der Waals surface area contributed by atoms with E-state index < -0.39 is 0 Å². The molecule has 0 spiro atoms. The van der Waals surface area contributed by atoms with Crippen molar-refractivity contribution in [1.82, 2.24) is 9.80 Å². The Hall–Kier alpha value is 0.400. The van der Waals surface area contributed by atoms with Gasteiger partial charge in [0.2, 0.25) is 0 Å². The summed E-state index contributed by atoms with van der Waals surface area (Å²) in [5.41, 5.74) is 0. The minimum absolute atomic E-state index is 0.782. The Bertz CT molecular complexity index is 139. The first-order valence-corrected chi connectivity index (χ1v) is 6.31. The summed E-state index contributed by atoms with van der Waals surface area (Å²) in [5.74, 6) is 0. The number of likely N-dealkylation sites (N-methyl/N-ethyl adjacent to an activating group) is 1. The van der Waals surface area contributed by atoms with Crippen LogP contribution in [0, 0.1) is 0 Å². The third-order valence-corrected chi connectivity index (χ3v) is 3.38. The summed E-state index contributed by atoms with van der Waals surface area (Å²) in [5, 5.41) is 1.14. The van der Waals surface area contributed by atoms with Crippen molar-refractivity contribution in [3.8, 4) is 0 Å². The van der Waals surface area contributed by atoms with Crippen molar-refractivity contribution in [3.05, 3.63) is 0 Å². The van der Waals surface area contributed by atoms with Crippen molar-refractivity contribution in [2.24, 2.45) is 0 Å². The second-order valence-electron chi connectivity index (χ2n) is 4.10. The smallest absolute Gasteiger partial charge is 0.0217 e. The molecule has 1 rings (SSSR count). The quantitative estimate of drug-likeness (QED) is 0.701. The molecule has 0 aliphatic carbocycles. The molecule has 2 nitrogen and oxygen atoms in total. The number of rotatable bonds is 4. The molecule has 1 fully saturated rings. The third kappa shape index (κ3) is 3.96. The van der Waals surface area contributed by atoms with Gasteiger partial charge in [0.05, 0.1) is 0 Å². The molecule has 1 aliphatic rings. The second-order valence-corrected chi connectivity index (χ2v) is 4.90. The zero-order valence-electron chi connectivity index (χ0n) is 8.80. The third-order valence-electron chi connectivity index (χ3n) is 2.82. The van der Waals surface area contributed by atoms with Gasteiger partial charge >= 0.3 is 0 Å². The molecular formula is C10H21BrN2. The van der Waals surface area contributed by atoms with Gasteiger partial charge in [-0.05, 0) is 46.4 Å². The zero-order chi connectivity index (χ0) is 9.68. The lowest BCUT2D eigenvalue weighted by Crippen LogP contribution is -2.45. The van der Waals surface area contributed by atoms with E-state index in [1.54, 1.807) is 0 Å². The average Bonchev–Trinajstić information content (AvgIpc) is 2.15. The van der Waals surface area contributed by atoms with E-state index in [2.05, 4.69) is 39.8 Å². The fraction of sp³-hybridized carbons (Fsp3) is 1.00. The molecule has 78 valence electrons. The largest absolute Gasteiger partial charge is 0.305 e. The van der Waals surface area contributed by atoms with Crippen LogP contribution in [0.3, 0.4) is 0 Å². The minimum Gasteiger partial charge on any atom is -0.305 e. The van der Waals surface area contributed by atoms with Crippen molar-refractivity contribution in [2.75, 3.05) is 39.1 Å². The van der Waals surface area contributed by atoms with Gasteiger partial charge in [0.15, 0.2) is 0 Å². The lowest BCUT2D eigenvalue weighted by molar-refractivity contribution is 0.134. The summed E-state index contributed by atoms with van der Waals surface area (Å²) < 4.78 is 0. The maximum absolute atomic E-state index is 3.48. The van der Waals surface area contributed by atoms with Crippen LogP contribution in [-0.2, 0) is 0 Å². The number of nitrogens with zero attached hydrogens (tertiary/aromatic N) is 2. The first-order valence-electron chi connectivity index (χ1n) is 5.19. The Morgan fingerprint density at radius 1 is 1.46 bits per heavy atom. The highest BCUT2D eigenvalue weighted by Gasteiger charge is 2.20. The maximum atomic E-state index is 3.48. The highest BCUT2D eigenvalue weighted by molar-refractivity contribution is 9.09. The lowest BCUT2D eigenvalue weighted by Gasteiger charge is -2.36. The Balaban J connectivity index is 2.25. The van der Waals surface area contributed by atoms with Gasteiger partial charge in [0.1, 0.15) is 0 Å². The van der Waals surface area contributed by atoms with Crippen LogP contribution in [0.25, 0.3) is 0 Å². The van der Waals surface area contributed by atoms with Gasteiger partial charge in [0.25, 0.3) is 0 Å². The molecule has 1 unspecified atom stereocenters. The van der Waals surface area contributed by atoms with Gasteiger partial charge in [-0.15, -0.1) is 0 Å². The maximum Gasteiger partial charge on any atom is 0.0217 e. The van der Waals surface area contributed by atoms with Gasteiger partial charge < -0.3 is 9.80 Å². The van der Waals surface area contributed by atoms with Crippen molar-refractivity contribution < 1.29 is 0 Å². The van der Waals surface area contributed by atoms with E-state index in [4.69, 9.17) is 0 Å². The first kappa shape index (κ1) is 11.5. The molecule has 1 aliphatic heterocycles. The van der Waals surface area contributed by atoms with Gasteiger partial charge in [0, 0.05) is 17.9 Å². The molecule has 1 saturated heterocycles. The van der Waals surface area contributed by atoms with Gasteiger partial charge in [-0.25, -0.2) is 0 Å². The lowest BCUT2D eigenvalue weighted by atomic mass is 10.0.